The second-order valence-electron chi connectivity index (χ2n) is 5.15. The van der Waals surface area contributed by atoms with Crippen LogP contribution in [0.3, 0.4) is 0 Å². The number of ether oxygens (including phenoxy) is 2. The summed E-state index contributed by atoms with van der Waals surface area (Å²) in [5, 5.41) is 6.27. The van der Waals surface area contributed by atoms with Crippen molar-refractivity contribution in [1.29, 1.82) is 0 Å². The molecule has 0 atom stereocenters. The standard InChI is InChI=1S/C16H25N3O2/c1-17-16(18-2)19-11-12-7-6-10-14(20-3)15(12)21-13-8-4-5-9-13/h6-7,10,13H,4-5,8-9,11H2,1-3H3,(H2,17,18,19). The van der Waals surface area contributed by atoms with Gasteiger partial charge in [-0.25, -0.2) is 0 Å². The molecule has 0 bridgehead atoms. The topological polar surface area (TPSA) is 54.9 Å². The van der Waals surface area contributed by atoms with Gasteiger partial charge in [-0.1, -0.05) is 12.1 Å². The maximum atomic E-state index is 6.20. The van der Waals surface area contributed by atoms with Crippen LogP contribution < -0.4 is 20.1 Å². The molecule has 2 rings (SSSR count). The van der Waals surface area contributed by atoms with Gasteiger partial charge in [-0.05, 0) is 31.7 Å². The second-order valence-corrected chi connectivity index (χ2v) is 5.15. The van der Waals surface area contributed by atoms with Crippen molar-refractivity contribution in [2.45, 2.75) is 38.3 Å². The van der Waals surface area contributed by atoms with Crippen LogP contribution in [0.15, 0.2) is 23.2 Å². The van der Waals surface area contributed by atoms with Gasteiger partial charge in [-0.15, -0.1) is 0 Å². The second kappa shape index (κ2) is 7.76. The number of nitrogens with one attached hydrogen (secondary N) is 2. The number of para-hydroxylation sites is 1. The van der Waals surface area contributed by atoms with E-state index >= 15 is 0 Å². The van der Waals surface area contributed by atoms with E-state index in [1.54, 1.807) is 14.2 Å². The molecule has 0 saturated heterocycles. The number of aliphatic imine (C=N–C) groups is 1. The lowest BCUT2D eigenvalue weighted by Gasteiger charge is -2.19. The smallest absolute Gasteiger partial charge is 0.190 e. The first-order chi connectivity index (χ1) is 10.3. The zero-order chi connectivity index (χ0) is 15.1. The van der Waals surface area contributed by atoms with E-state index in [0.717, 1.165) is 35.9 Å². The molecular weight excluding hydrogens is 266 g/mol. The summed E-state index contributed by atoms with van der Waals surface area (Å²) in [5.41, 5.74) is 1.08. The molecule has 0 heterocycles. The fraction of sp³-hybridized carbons (Fsp3) is 0.562. The lowest BCUT2D eigenvalue weighted by molar-refractivity contribution is 0.198. The molecule has 116 valence electrons. The number of benzene rings is 1. The van der Waals surface area contributed by atoms with Crippen LogP contribution in [0.25, 0.3) is 0 Å². The third kappa shape index (κ3) is 4.03. The van der Waals surface area contributed by atoms with Gasteiger partial charge in [0.15, 0.2) is 17.5 Å². The first-order valence-corrected chi connectivity index (χ1v) is 7.49. The summed E-state index contributed by atoms with van der Waals surface area (Å²) in [6.45, 7) is 0.646. The van der Waals surface area contributed by atoms with Crippen LogP contribution in [0.4, 0.5) is 0 Å². The number of guanidine groups is 1. The third-order valence-corrected chi connectivity index (χ3v) is 3.77. The van der Waals surface area contributed by atoms with Crippen molar-refractivity contribution in [3.8, 4) is 11.5 Å². The molecule has 0 amide bonds. The minimum atomic E-state index is 0.309. The summed E-state index contributed by atoms with van der Waals surface area (Å²) >= 11 is 0. The van der Waals surface area contributed by atoms with Gasteiger partial charge in [0.1, 0.15) is 0 Å². The van der Waals surface area contributed by atoms with Crippen molar-refractivity contribution in [2.24, 2.45) is 4.99 Å². The molecule has 1 aliphatic carbocycles. The molecule has 1 aromatic rings. The van der Waals surface area contributed by atoms with Gasteiger partial charge in [0, 0.05) is 26.2 Å². The van der Waals surface area contributed by atoms with Gasteiger partial charge in [0.2, 0.25) is 0 Å². The first kappa shape index (κ1) is 15.5. The average molecular weight is 291 g/mol. The maximum Gasteiger partial charge on any atom is 0.190 e. The van der Waals surface area contributed by atoms with Gasteiger partial charge in [0.05, 0.1) is 13.2 Å². The Bertz CT molecular complexity index is 482. The Morgan fingerprint density at radius 3 is 2.71 bits per heavy atom. The molecule has 0 aromatic heterocycles. The summed E-state index contributed by atoms with van der Waals surface area (Å²) in [4.78, 5) is 4.12. The predicted octanol–water partition coefficient (Wildman–Crippen LogP) is 2.31. The van der Waals surface area contributed by atoms with E-state index in [4.69, 9.17) is 9.47 Å². The molecule has 0 unspecified atom stereocenters. The Morgan fingerprint density at radius 1 is 1.33 bits per heavy atom. The molecule has 1 aliphatic rings. The molecule has 1 fully saturated rings. The van der Waals surface area contributed by atoms with Crippen LogP contribution >= 0.6 is 0 Å². The van der Waals surface area contributed by atoms with E-state index < -0.39 is 0 Å². The first-order valence-electron chi connectivity index (χ1n) is 7.49. The summed E-state index contributed by atoms with van der Waals surface area (Å²) in [6, 6.07) is 5.99. The highest BCUT2D eigenvalue weighted by molar-refractivity contribution is 5.79. The van der Waals surface area contributed by atoms with Crippen LogP contribution in [-0.4, -0.2) is 33.3 Å². The van der Waals surface area contributed by atoms with E-state index in [1.165, 1.54) is 12.8 Å². The lowest BCUT2D eigenvalue weighted by atomic mass is 10.1. The molecular formula is C16H25N3O2. The Labute approximate surface area is 126 Å². The molecule has 0 spiro atoms. The molecule has 0 aliphatic heterocycles. The summed E-state index contributed by atoms with van der Waals surface area (Å²) in [5.74, 6) is 2.40. The van der Waals surface area contributed by atoms with Crippen molar-refractivity contribution in [3.05, 3.63) is 23.8 Å². The SMILES string of the molecule is CN=C(NC)NCc1cccc(OC)c1OC1CCCC1. The zero-order valence-electron chi connectivity index (χ0n) is 13.1. The normalized spacial score (nSPS) is 15.9. The molecule has 2 N–H and O–H groups in total. The van der Waals surface area contributed by atoms with Crippen LogP contribution in [0.2, 0.25) is 0 Å². The molecule has 1 aromatic carbocycles. The predicted molar refractivity (Wildman–Crippen MR) is 85.1 cm³/mol. The van der Waals surface area contributed by atoms with Gasteiger partial charge in [-0.2, -0.15) is 0 Å². The molecule has 0 radical (unpaired) electrons. The van der Waals surface area contributed by atoms with Crippen molar-refractivity contribution >= 4 is 5.96 Å². The van der Waals surface area contributed by atoms with Crippen molar-refractivity contribution in [2.75, 3.05) is 21.2 Å². The van der Waals surface area contributed by atoms with Crippen molar-refractivity contribution in [1.82, 2.24) is 10.6 Å². The number of methoxy groups -OCH3 is 1. The van der Waals surface area contributed by atoms with Crippen LogP contribution in [0.5, 0.6) is 11.5 Å². The number of hydrogen-bond acceptors (Lipinski definition) is 3. The van der Waals surface area contributed by atoms with Crippen molar-refractivity contribution in [3.63, 3.8) is 0 Å². The van der Waals surface area contributed by atoms with E-state index in [0.29, 0.717) is 12.6 Å². The summed E-state index contributed by atoms with van der Waals surface area (Å²) in [6.07, 6.45) is 5.06. The van der Waals surface area contributed by atoms with Crippen LogP contribution in [-0.2, 0) is 6.54 Å². The molecule has 1 saturated carbocycles. The van der Waals surface area contributed by atoms with E-state index in [2.05, 4.69) is 21.7 Å². The summed E-state index contributed by atoms with van der Waals surface area (Å²) in [7, 11) is 5.28. The molecule has 21 heavy (non-hydrogen) atoms. The van der Waals surface area contributed by atoms with E-state index in [9.17, 15) is 0 Å². The van der Waals surface area contributed by atoms with Crippen molar-refractivity contribution < 1.29 is 9.47 Å². The minimum Gasteiger partial charge on any atom is -0.493 e. The van der Waals surface area contributed by atoms with Gasteiger partial charge >= 0.3 is 0 Å². The maximum absolute atomic E-state index is 6.20. The van der Waals surface area contributed by atoms with Crippen LogP contribution in [0, 0.1) is 0 Å². The van der Waals surface area contributed by atoms with Gasteiger partial charge in [-0.3, -0.25) is 4.99 Å². The number of rotatable bonds is 5. The van der Waals surface area contributed by atoms with Gasteiger partial charge < -0.3 is 20.1 Å². The quantitative estimate of drug-likeness (QED) is 0.646. The van der Waals surface area contributed by atoms with E-state index in [-0.39, 0.29) is 0 Å². The molecule has 5 nitrogen and oxygen atoms in total. The lowest BCUT2D eigenvalue weighted by Crippen LogP contribution is -2.34. The highest BCUT2D eigenvalue weighted by atomic mass is 16.5. The zero-order valence-corrected chi connectivity index (χ0v) is 13.1. The highest BCUT2D eigenvalue weighted by Crippen LogP contribution is 2.34. The summed E-state index contributed by atoms with van der Waals surface area (Å²) < 4.78 is 11.7. The Hall–Kier alpha value is -1.91. The van der Waals surface area contributed by atoms with Gasteiger partial charge in [0.25, 0.3) is 0 Å². The number of hydrogen-bond donors (Lipinski definition) is 2. The Kier molecular flexibility index (Phi) is 5.72. The third-order valence-electron chi connectivity index (χ3n) is 3.77. The molecule has 5 heteroatoms. The Balaban J connectivity index is 2.14. The fourth-order valence-electron chi connectivity index (χ4n) is 2.63. The number of nitrogens with zero attached hydrogens (tertiary/aromatic N) is 1. The monoisotopic (exact) mass is 291 g/mol. The average Bonchev–Trinajstić information content (AvgIpc) is 3.02. The highest BCUT2D eigenvalue weighted by Gasteiger charge is 2.20. The van der Waals surface area contributed by atoms with Crippen LogP contribution in [0.1, 0.15) is 31.2 Å². The fourth-order valence-corrected chi connectivity index (χ4v) is 2.63. The Morgan fingerprint density at radius 2 is 2.10 bits per heavy atom. The largest absolute Gasteiger partial charge is 0.493 e. The van der Waals surface area contributed by atoms with E-state index in [1.807, 2.05) is 19.2 Å². The minimum absolute atomic E-state index is 0.309.